The fourth-order valence-electron chi connectivity index (χ4n) is 5.32. The van der Waals surface area contributed by atoms with Crippen LogP contribution in [0.1, 0.15) is 42.2 Å². The number of fused-ring (bicyclic) bond motifs is 2. The van der Waals surface area contributed by atoms with Gasteiger partial charge in [0.05, 0.1) is 12.2 Å². The van der Waals surface area contributed by atoms with Crippen LogP contribution in [0.25, 0.3) is 15.5 Å². The van der Waals surface area contributed by atoms with Gasteiger partial charge in [-0.25, -0.2) is 4.79 Å². The van der Waals surface area contributed by atoms with Crippen LogP contribution in [0.5, 0.6) is 0 Å². The van der Waals surface area contributed by atoms with Crippen molar-refractivity contribution in [3.05, 3.63) is 82.2 Å². The molecule has 10 heteroatoms. The summed E-state index contributed by atoms with van der Waals surface area (Å²) in [6.07, 6.45) is 6.20. The summed E-state index contributed by atoms with van der Waals surface area (Å²) < 4.78 is 2.00. The number of aryl methyl sites for hydroxylation is 1. The van der Waals surface area contributed by atoms with Gasteiger partial charge in [-0.1, -0.05) is 43.7 Å². The molecule has 2 aromatic heterocycles. The minimum absolute atomic E-state index is 0.0254. The summed E-state index contributed by atoms with van der Waals surface area (Å²) in [5.41, 5.74) is 4.29. The van der Waals surface area contributed by atoms with Crippen LogP contribution in [0.3, 0.4) is 0 Å². The second-order valence-corrected chi connectivity index (χ2v) is 12.7. The number of anilines is 1. The van der Waals surface area contributed by atoms with Crippen LogP contribution in [0.4, 0.5) is 21.2 Å². The fourth-order valence-corrected chi connectivity index (χ4v) is 7.48. The Labute approximate surface area is 252 Å². The van der Waals surface area contributed by atoms with Crippen molar-refractivity contribution < 1.29 is 14.4 Å². The quantitative estimate of drug-likeness (QED) is 0.117. The second-order valence-electron chi connectivity index (χ2n) is 10.5. The van der Waals surface area contributed by atoms with Crippen molar-refractivity contribution in [2.75, 3.05) is 25.0 Å². The van der Waals surface area contributed by atoms with Crippen LogP contribution in [0.2, 0.25) is 0 Å². The highest BCUT2D eigenvalue weighted by Gasteiger charge is 2.40. The van der Waals surface area contributed by atoms with Crippen LogP contribution >= 0.6 is 22.7 Å². The molecule has 2 aromatic carbocycles. The van der Waals surface area contributed by atoms with Crippen molar-refractivity contribution in [1.82, 2.24) is 9.80 Å². The lowest BCUT2D eigenvalue weighted by molar-refractivity contribution is -0.135. The second kappa shape index (κ2) is 12.0. The maximum Gasteiger partial charge on any atom is 0.333 e. The molecule has 2 aliphatic heterocycles. The van der Waals surface area contributed by atoms with Gasteiger partial charge in [0.25, 0.3) is 11.8 Å². The molecule has 1 saturated heterocycles. The number of rotatable bonds is 8. The van der Waals surface area contributed by atoms with E-state index in [1.54, 1.807) is 6.08 Å². The van der Waals surface area contributed by atoms with Crippen molar-refractivity contribution in [3.8, 4) is 0 Å². The number of carbonyl (C=O) groups excluding carboxylic acids is 3. The Morgan fingerprint density at radius 1 is 0.929 bits per heavy atom. The molecule has 0 bridgehead atoms. The Hall–Kier alpha value is -4.15. The summed E-state index contributed by atoms with van der Waals surface area (Å²) in [5.74, 6) is -1.18. The van der Waals surface area contributed by atoms with Crippen molar-refractivity contribution >= 4 is 72.4 Å². The number of likely N-dealkylation sites (N-methyl/N-ethyl adjacent to an activating group) is 1. The zero-order chi connectivity index (χ0) is 29.2. The Bertz CT molecular complexity index is 1690. The predicted octanol–water partition coefficient (Wildman–Crippen LogP) is 7.94. The number of carbonyl (C=O) groups is 3. The van der Waals surface area contributed by atoms with E-state index in [0.717, 1.165) is 66.3 Å². The van der Waals surface area contributed by atoms with E-state index in [2.05, 4.69) is 34.2 Å². The molecule has 0 aliphatic carbocycles. The molecule has 4 heterocycles. The summed E-state index contributed by atoms with van der Waals surface area (Å²) in [6, 6.07) is 18.9. The van der Waals surface area contributed by atoms with Crippen LogP contribution in [0.15, 0.2) is 76.5 Å². The van der Waals surface area contributed by atoms with E-state index < -0.39 is 17.8 Å². The highest BCUT2D eigenvalue weighted by Crippen LogP contribution is 2.40. The molecule has 0 radical (unpaired) electrons. The molecule has 8 nitrogen and oxygen atoms in total. The van der Waals surface area contributed by atoms with Gasteiger partial charge in [0.2, 0.25) is 0 Å². The van der Waals surface area contributed by atoms with Crippen molar-refractivity contribution in [2.24, 2.45) is 10.2 Å². The van der Waals surface area contributed by atoms with E-state index in [1.807, 2.05) is 48.5 Å². The smallest absolute Gasteiger partial charge is 0.333 e. The molecule has 1 fully saturated rings. The Morgan fingerprint density at radius 3 is 2.52 bits per heavy atom. The Morgan fingerprint density at radius 2 is 1.74 bits per heavy atom. The van der Waals surface area contributed by atoms with Gasteiger partial charge >= 0.3 is 6.03 Å². The molecule has 6 rings (SSSR count). The minimum Gasteiger partial charge on any atom is -0.371 e. The number of unbranched alkanes of at least 4 members (excludes halogenated alkanes) is 1. The van der Waals surface area contributed by atoms with Crippen LogP contribution in [-0.2, 0) is 22.6 Å². The lowest BCUT2D eigenvalue weighted by Gasteiger charge is -2.31. The van der Waals surface area contributed by atoms with Gasteiger partial charge in [-0.2, -0.15) is 0 Å². The molecular formula is C32H31N5O3S2. The first-order valence-electron chi connectivity index (χ1n) is 14.1. The number of urea groups is 1. The van der Waals surface area contributed by atoms with Gasteiger partial charge in [0, 0.05) is 40.1 Å². The number of thiophene rings is 2. The highest BCUT2D eigenvalue weighted by molar-refractivity contribution is 7.30. The van der Waals surface area contributed by atoms with E-state index >= 15 is 0 Å². The molecule has 0 saturated carbocycles. The van der Waals surface area contributed by atoms with Gasteiger partial charge < -0.3 is 4.90 Å². The summed E-state index contributed by atoms with van der Waals surface area (Å²) in [4.78, 5) is 44.2. The molecule has 0 unspecified atom stereocenters. The topological polar surface area (TPSA) is 85.7 Å². The first kappa shape index (κ1) is 28.0. The lowest BCUT2D eigenvalue weighted by Crippen LogP contribution is -2.54. The normalized spacial score (nSPS) is 16.9. The average molecular weight is 598 g/mol. The molecule has 4 aromatic rings. The number of amides is 4. The maximum absolute atomic E-state index is 13.2. The predicted molar refractivity (Wildman–Crippen MR) is 169 cm³/mol. The highest BCUT2D eigenvalue weighted by atomic mass is 32.1. The number of benzene rings is 2. The van der Waals surface area contributed by atoms with E-state index in [4.69, 9.17) is 0 Å². The van der Waals surface area contributed by atoms with Gasteiger partial charge in [0.1, 0.15) is 10.6 Å². The third kappa shape index (κ3) is 5.64. The van der Waals surface area contributed by atoms with Gasteiger partial charge in [-0.3, -0.25) is 19.4 Å². The third-order valence-corrected chi connectivity index (χ3v) is 9.66. The van der Waals surface area contributed by atoms with Gasteiger partial charge in [-0.15, -0.1) is 32.9 Å². The maximum atomic E-state index is 13.2. The standard InChI is InChI=1S/C32H31N5O3S2/c1-3-4-14-36-15-8-11-22-16-23(12-13-26(22)36)33-34-29-19-28-27(42-29)18-24(41-28)17-25-30(38)35(2)32(40)37(31(25)39)20-21-9-6-5-7-10-21/h5-7,9-10,12-13,16-19H,3-4,8,11,14-15,20H2,1-2H3/b25-17+,34-33?. The number of nitrogens with zero attached hydrogens (tertiary/aromatic N) is 5. The molecule has 42 heavy (non-hydrogen) atoms. The van der Waals surface area contributed by atoms with Crippen molar-refractivity contribution in [3.63, 3.8) is 0 Å². The summed E-state index contributed by atoms with van der Waals surface area (Å²) in [5, 5.41) is 9.81. The number of hydrogen-bond acceptors (Lipinski definition) is 8. The summed E-state index contributed by atoms with van der Waals surface area (Å²) >= 11 is 2.98. The number of imide groups is 2. The van der Waals surface area contributed by atoms with Crippen LogP contribution < -0.4 is 4.90 Å². The van der Waals surface area contributed by atoms with Crippen LogP contribution in [0, 0.1) is 0 Å². The van der Waals surface area contributed by atoms with E-state index in [0.29, 0.717) is 0 Å². The Balaban J connectivity index is 1.19. The lowest BCUT2D eigenvalue weighted by atomic mass is 10.0. The minimum atomic E-state index is -0.624. The molecule has 0 spiro atoms. The SMILES string of the molecule is CCCCN1CCCc2cc(N=Nc3cc4sc(/C=C5\C(=O)N(C)C(=O)N(Cc6ccccc6)C5=O)cc4s3)ccc21. The van der Waals surface area contributed by atoms with Gasteiger partial charge in [-0.05, 0) is 66.8 Å². The van der Waals surface area contributed by atoms with Gasteiger partial charge in [0.15, 0.2) is 0 Å². The number of barbiturate groups is 1. The molecule has 4 amide bonds. The summed E-state index contributed by atoms with van der Waals surface area (Å²) in [6.45, 7) is 4.53. The first-order chi connectivity index (χ1) is 20.4. The largest absolute Gasteiger partial charge is 0.371 e. The fraction of sp³-hybridized carbons (Fsp3) is 0.281. The molecule has 0 atom stereocenters. The van der Waals surface area contributed by atoms with E-state index in [1.165, 1.54) is 53.8 Å². The Kier molecular flexibility index (Phi) is 7.99. The van der Waals surface area contributed by atoms with E-state index in [9.17, 15) is 14.4 Å². The zero-order valence-corrected chi connectivity index (χ0v) is 25.2. The summed E-state index contributed by atoms with van der Waals surface area (Å²) in [7, 11) is 1.40. The molecule has 214 valence electrons. The monoisotopic (exact) mass is 597 g/mol. The molecule has 2 aliphatic rings. The van der Waals surface area contributed by atoms with Crippen molar-refractivity contribution in [2.45, 2.75) is 39.2 Å². The first-order valence-corrected chi connectivity index (χ1v) is 15.8. The van der Waals surface area contributed by atoms with E-state index in [-0.39, 0.29) is 12.1 Å². The van der Waals surface area contributed by atoms with Crippen LogP contribution in [-0.4, -0.2) is 47.8 Å². The zero-order valence-electron chi connectivity index (χ0n) is 23.6. The molecular weight excluding hydrogens is 567 g/mol. The number of azo groups is 1. The average Bonchev–Trinajstić information content (AvgIpc) is 3.57. The third-order valence-electron chi connectivity index (χ3n) is 7.54. The van der Waals surface area contributed by atoms with Crippen molar-refractivity contribution in [1.29, 1.82) is 0 Å². The number of hydrogen-bond donors (Lipinski definition) is 0. The molecule has 0 N–H and O–H groups in total.